The van der Waals surface area contributed by atoms with Gasteiger partial charge in [-0.15, -0.1) is 0 Å². The van der Waals surface area contributed by atoms with E-state index in [1.54, 1.807) is 0 Å². The molecule has 0 saturated heterocycles. The Bertz CT molecular complexity index is 757. The summed E-state index contributed by atoms with van der Waals surface area (Å²) >= 11 is 0. The van der Waals surface area contributed by atoms with Gasteiger partial charge in [-0.3, -0.25) is 0 Å². The molecule has 1 atom stereocenters. The molecule has 21 heavy (non-hydrogen) atoms. The van der Waals surface area contributed by atoms with Gasteiger partial charge in [-0.2, -0.15) is 0 Å². The Balaban J connectivity index is 2.32. The standard InChI is InChI=1S/C20H22O/c1-13-9-11-16(14(13)2)18-12-10-15-7-5-6-8-17(15)19(18)20(3,4)21/h5-12,16,21H,1-4H3. The lowest BCUT2D eigenvalue weighted by Gasteiger charge is -2.27. The van der Waals surface area contributed by atoms with Crippen molar-refractivity contribution in [2.24, 2.45) is 0 Å². The van der Waals surface area contributed by atoms with Gasteiger partial charge in [-0.25, -0.2) is 0 Å². The smallest absolute Gasteiger partial charge is 0.0849 e. The molecule has 1 nitrogen and oxygen atoms in total. The van der Waals surface area contributed by atoms with Crippen LogP contribution in [0.5, 0.6) is 0 Å². The molecule has 0 spiro atoms. The molecule has 0 bridgehead atoms. The summed E-state index contributed by atoms with van der Waals surface area (Å²) in [6.45, 7) is 8.09. The summed E-state index contributed by atoms with van der Waals surface area (Å²) in [5, 5.41) is 13.1. The lowest BCUT2D eigenvalue weighted by molar-refractivity contribution is 0.0792. The van der Waals surface area contributed by atoms with Gasteiger partial charge in [0.25, 0.3) is 0 Å². The second-order valence-electron chi connectivity index (χ2n) is 6.51. The lowest BCUT2D eigenvalue weighted by Crippen LogP contribution is -2.20. The summed E-state index contributed by atoms with van der Waals surface area (Å²) in [5.74, 6) is 0.274. The molecular weight excluding hydrogens is 256 g/mol. The number of hydrogen-bond acceptors (Lipinski definition) is 1. The third kappa shape index (κ3) is 2.32. The van der Waals surface area contributed by atoms with E-state index in [-0.39, 0.29) is 5.92 Å². The lowest BCUT2D eigenvalue weighted by atomic mass is 9.81. The van der Waals surface area contributed by atoms with Crippen LogP contribution in [-0.4, -0.2) is 5.11 Å². The van der Waals surface area contributed by atoms with Crippen LogP contribution >= 0.6 is 0 Å². The van der Waals surface area contributed by atoms with Crippen LogP contribution in [0.15, 0.2) is 59.7 Å². The minimum atomic E-state index is -0.860. The number of benzene rings is 2. The van der Waals surface area contributed by atoms with E-state index in [0.717, 1.165) is 10.9 Å². The van der Waals surface area contributed by atoms with Crippen molar-refractivity contribution in [3.05, 3.63) is 70.8 Å². The highest BCUT2D eigenvalue weighted by Crippen LogP contribution is 2.41. The van der Waals surface area contributed by atoms with E-state index in [9.17, 15) is 5.11 Å². The SMILES string of the molecule is CC1=C(C)C(c2ccc3ccccc3c2C(C)(C)O)C=C1. The van der Waals surface area contributed by atoms with Crippen LogP contribution < -0.4 is 0 Å². The first-order valence-corrected chi connectivity index (χ1v) is 7.49. The van der Waals surface area contributed by atoms with Crippen molar-refractivity contribution in [3.63, 3.8) is 0 Å². The number of fused-ring (bicyclic) bond motifs is 1. The normalized spacial score (nSPS) is 18.8. The molecule has 1 heteroatoms. The van der Waals surface area contributed by atoms with Crippen LogP contribution in [0, 0.1) is 0 Å². The second kappa shape index (κ2) is 4.85. The average Bonchev–Trinajstić information content (AvgIpc) is 2.76. The summed E-state index contributed by atoms with van der Waals surface area (Å²) in [7, 11) is 0. The van der Waals surface area contributed by atoms with Crippen molar-refractivity contribution in [2.75, 3.05) is 0 Å². The van der Waals surface area contributed by atoms with E-state index in [1.165, 1.54) is 22.1 Å². The molecule has 2 aromatic rings. The van der Waals surface area contributed by atoms with Crippen LogP contribution in [0.1, 0.15) is 44.7 Å². The minimum Gasteiger partial charge on any atom is -0.386 e. The molecule has 0 aliphatic heterocycles. The molecule has 3 rings (SSSR count). The Labute approximate surface area is 126 Å². The van der Waals surface area contributed by atoms with Gasteiger partial charge in [0.1, 0.15) is 0 Å². The molecule has 0 aromatic heterocycles. The van der Waals surface area contributed by atoms with Crippen LogP contribution in [0.2, 0.25) is 0 Å². The van der Waals surface area contributed by atoms with Crippen LogP contribution in [0.25, 0.3) is 10.8 Å². The maximum absolute atomic E-state index is 10.7. The zero-order chi connectivity index (χ0) is 15.2. The highest BCUT2D eigenvalue weighted by Gasteiger charge is 2.28. The summed E-state index contributed by atoms with van der Waals surface area (Å²) in [5.41, 5.74) is 4.10. The molecule has 1 aliphatic carbocycles. The van der Waals surface area contributed by atoms with Crippen LogP contribution in [0.4, 0.5) is 0 Å². The third-order valence-electron chi connectivity index (χ3n) is 4.54. The van der Waals surface area contributed by atoms with E-state index < -0.39 is 5.60 Å². The zero-order valence-electron chi connectivity index (χ0n) is 13.1. The van der Waals surface area contributed by atoms with Gasteiger partial charge in [0.15, 0.2) is 0 Å². The summed E-state index contributed by atoms with van der Waals surface area (Å²) in [6, 6.07) is 12.6. The molecule has 0 radical (unpaired) electrons. The molecule has 2 aromatic carbocycles. The van der Waals surface area contributed by atoms with Gasteiger partial charge >= 0.3 is 0 Å². The molecule has 1 aliphatic rings. The summed E-state index contributed by atoms with van der Waals surface area (Å²) in [4.78, 5) is 0. The number of hydrogen-bond donors (Lipinski definition) is 1. The van der Waals surface area contributed by atoms with Gasteiger partial charge in [-0.1, -0.05) is 59.7 Å². The quantitative estimate of drug-likeness (QED) is 0.814. The van der Waals surface area contributed by atoms with Gasteiger partial charge in [-0.05, 0) is 49.6 Å². The van der Waals surface area contributed by atoms with Gasteiger partial charge in [0.05, 0.1) is 5.60 Å². The molecular formula is C20H22O. The molecule has 0 heterocycles. The van der Waals surface area contributed by atoms with Crippen LogP contribution in [-0.2, 0) is 5.60 Å². The van der Waals surface area contributed by atoms with E-state index >= 15 is 0 Å². The first-order valence-electron chi connectivity index (χ1n) is 7.49. The zero-order valence-corrected chi connectivity index (χ0v) is 13.1. The molecule has 0 saturated carbocycles. The van der Waals surface area contributed by atoms with Crippen molar-refractivity contribution < 1.29 is 5.11 Å². The van der Waals surface area contributed by atoms with Crippen molar-refractivity contribution in [1.29, 1.82) is 0 Å². The molecule has 108 valence electrons. The molecule has 0 amide bonds. The van der Waals surface area contributed by atoms with Crippen LogP contribution in [0.3, 0.4) is 0 Å². The Kier molecular flexibility index (Phi) is 3.26. The van der Waals surface area contributed by atoms with E-state index in [1.807, 2.05) is 26.0 Å². The van der Waals surface area contributed by atoms with Crippen molar-refractivity contribution in [2.45, 2.75) is 39.2 Å². The monoisotopic (exact) mass is 278 g/mol. The summed E-state index contributed by atoms with van der Waals surface area (Å²) in [6.07, 6.45) is 4.42. The van der Waals surface area contributed by atoms with E-state index in [4.69, 9.17) is 0 Å². The topological polar surface area (TPSA) is 20.2 Å². The second-order valence-corrected chi connectivity index (χ2v) is 6.51. The predicted octanol–water partition coefficient (Wildman–Crippen LogP) is 5.06. The molecule has 1 N–H and O–H groups in total. The first kappa shape index (κ1) is 14.1. The van der Waals surface area contributed by atoms with E-state index in [2.05, 4.69) is 50.3 Å². The van der Waals surface area contributed by atoms with Gasteiger partial charge < -0.3 is 5.11 Å². The predicted molar refractivity (Wildman–Crippen MR) is 89.4 cm³/mol. The summed E-state index contributed by atoms with van der Waals surface area (Å²) < 4.78 is 0. The number of allylic oxidation sites excluding steroid dienone is 4. The Hall–Kier alpha value is -1.86. The fraction of sp³-hybridized carbons (Fsp3) is 0.300. The maximum Gasteiger partial charge on any atom is 0.0849 e. The maximum atomic E-state index is 10.7. The number of rotatable bonds is 2. The fourth-order valence-electron chi connectivity index (χ4n) is 3.33. The number of aliphatic hydroxyl groups is 1. The average molecular weight is 278 g/mol. The first-order chi connectivity index (χ1) is 9.89. The fourth-order valence-corrected chi connectivity index (χ4v) is 3.33. The highest BCUT2D eigenvalue weighted by atomic mass is 16.3. The third-order valence-corrected chi connectivity index (χ3v) is 4.54. The van der Waals surface area contributed by atoms with Crippen molar-refractivity contribution in [3.8, 4) is 0 Å². The minimum absolute atomic E-state index is 0.274. The Morgan fingerprint density at radius 3 is 2.33 bits per heavy atom. The van der Waals surface area contributed by atoms with Crippen molar-refractivity contribution >= 4 is 10.8 Å². The van der Waals surface area contributed by atoms with E-state index in [0.29, 0.717) is 0 Å². The Morgan fingerprint density at radius 1 is 1.00 bits per heavy atom. The largest absolute Gasteiger partial charge is 0.386 e. The van der Waals surface area contributed by atoms with Gasteiger partial charge in [0.2, 0.25) is 0 Å². The highest BCUT2D eigenvalue weighted by molar-refractivity contribution is 5.88. The van der Waals surface area contributed by atoms with Crippen molar-refractivity contribution in [1.82, 2.24) is 0 Å². The van der Waals surface area contributed by atoms with Gasteiger partial charge in [0, 0.05) is 5.92 Å². The molecule has 1 unspecified atom stereocenters. The molecule has 0 fully saturated rings. The Morgan fingerprint density at radius 2 is 1.71 bits per heavy atom.